The molecule has 0 aliphatic heterocycles. The smallest absolute Gasteiger partial charge is 0.240 e. The van der Waals surface area contributed by atoms with Crippen molar-refractivity contribution in [3.63, 3.8) is 0 Å². The molecule has 1 fully saturated rings. The molecule has 3 heterocycles. The van der Waals surface area contributed by atoms with Gasteiger partial charge in [-0.1, -0.05) is 36.7 Å². The van der Waals surface area contributed by atoms with Crippen LogP contribution in [-0.2, 0) is 4.79 Å². The fourth-order valence-electron chi connectivity index (χ4n) is 4.36. The summed E-state index contributed by atoms with van der Waals surface area (Å²) in [7, 11) is 0. The van der Waals surface area contributed by atoms with Gasteiger partial charge in [0.2, 0.25) is 16.9 Å². The molecule has 0 radical (unpaired) electrons. The number of benzene rings is 2. The second kappa shape index (κ2) is 11.0. The second-order valence-corrected chi connectivity index (χ2v) is 11.1. The first-order valence-electron chi connectivity index (χ1n) is 12.4. The molecular weight excluding hydrogens is 525 g/mol. The number of fused-ring (bicyclic) bond motifs is 2. The summed E-state index contributed by atoms with van der Waals surface area (Å²) >= 11 is 2.82. The summed E-state index contributed by atoms with van der Waals surface area (Å²) in [6.45, 7) is 0.291. The number of carbonyl (C=O) groups excluding carboxylic acids is 1. The zero-order chi connectivity index (χ0) is 25.9. The Balaban J connectivity index is 1.14. The number of halogens is 1. The zero-order valence-corrected chi connectivity index (χ0v) is 21.9. The lowest BCUT2D eigenvalue weighted by atomic mass is 9.95. The van der Waals surface area contributed by atoms with E-state index >= 15 is 0 Å². The van der Waals surface area contributed by atoms with Crippen molar-refractivity contribution in [3.8, 4) is 11.6 Å². The first-order chi connectivity index (χ1) is 18.6. The Bertz CT molecular complexity index is 1600. The quantitative estimate of drug-likeness (QED) is 0.255. The number of carbonyl (C=O) groups is 1. The summed E-state index contributed by atoms with van der Waals surface area (Å²) in [4.78, 5) is 17.9. The zero-order valence-electron chi connectivity index (χ0n) is 20.3. The number of hydrogen-bond donors (Lipinski definition) is 2. The van der Waals surface area contributed by atoms with Crippen LogP contribution >= 0.6 is 23.1 Å². The van der Waals surface area contributed by atoms with Crippen LogP contribution in [0.25, 0.3) is 15.9 Å². The Hall–Kier alpha value is -3.61. The number of ether oxygens (including phenoxy) is 1. The van der Waals surface area contributed by atoms with Crippen LogP contribution in [0.1, 0.15) is 32.1 Å². The van der Waals surface area contributed by atoms with E-state index in [-0.39, 0.29) is 11.7 Å². The monoisotopic (exact) mass is 549 g/mol. The van der Waals surface area contributed by atoms with E-state index in [0.717, 1.165) is 28.0 Å². The number of thiazole rings is 1. The number of nitrogens with one attached hydrogen (secondary N) is 2. The SMILES string of the molecule is O=C(CNC1CCCCC1)Nc1nc2ccc(Sc3nnc4ccc(Oc5cccc(F)c5)nn34)cc2s1. The molecule has 194 valence electrons. The molecule has 1 aliphatic rings. The maximum Gasteiger partial charge on any atom is 0.240 e. The number of amides is 1. The third kappa shape index (κ3) is 5.77. The van der Waals surface area contributed by atoms with Gasteiger partial charge >= 0.3 is 0 Å². The minimum atomic E-state index is -0.388. The summed E-state index contributed by atoms with van der Waals surface area (Å²) in [6.07, 6.45) is 6.00. The molecule has 1 saturated carbocycles. The Morgan fingerprint density at radius 2 is 2.00 bits per heavy atom. The molecule has 0 saturated heterocycles. The largest absolute Gasteiger partial charge is 0.437 e. The molecule has 0 atom stereocenters. The molecule has 9 nitrogen and oxygen atoms in total. The first kappa shape index (κ1) is 24.7. The Kier molecular flexibility index (Phi) is 7.16. The van der Waals surface area contributed by atoms with Crippen LogP contribution in [0.4, 0.5) is 9.52 Å². The van der Waals surface area contributed by atoms with Gasteiger partial charge in [-0.05, 0) is 61.0 Å². The van der Waals surface area contributed by atoms with Gasteiger partial charge in [-0.3, -0.25) is 4.79 Å². The van der Waals surface area contributed by atoms with Crippen LogP contribution in [0.2, 0.25) is 0 Å². The maximum absolute atomic E-state index is 13.5. The van der Waals surface area contributed by atoms with Crippen LogP contribution in [0, 0.1) is 5.82 Å². The summed E-state index contributed by atoms with van der Waals surface area (Å²) in [5.74, 6) is 0.173. The molecule has 6 rings (SSSR count). The van der Waals surface area contributed by atoms with Crippen molar-refractivity contribution in [1.82, 2.24) is 30.1 Å². The number of hydrogen-bond acceptors (Lipinski definition) is 9. The fraction of sp³-hybridized carbons (Fsp3) is 0.269. The lowest BCUT2D eigenvalue weighted by Gasteiger charge is -2.22. The van der Waals surface area contributed by atoms with Gasteiger partial charge in [0.1, 0.15) is 11.6 Å². The van der Waals surface area contributed by atoms with Crippen molar-refractivity contribution in [2.24, 2.45) is 0 Å². The predicted molar refractivity (Wildman–Crippen MR) is 145 cm³/mol. The van der Waals surface area contributed by atoms with Gasteiger partial charge in [0, 0.05) is 23.1 Å². The third-order valence-corrected chi connectivity index (χ3v) is 8.06. The summed E-state index contributed by atoms with van der Waals surface area (Å²) in [6, 6.07) is 15.6. The fourth-order valence-corrected chi connectivity index (χ4v) is 6.18. The molecule has 0 unspecified atom stereocenters. The van der Waals surface area contributed by atoms with Gasteiger partial charge in [0.15, 0.2) is 10.8 Å². The minimum Gasteiger partial charge on any atom is -0.437 e. The van der Waals surface area contributed by atoms with Crippen LogP contribution in [-0.4, -0.2) is 43.3 Å². The van der Waals surface area contributed by atoms with Gasteiger partial charge < -0.3 is 15.4 Å². The van der Waals surface area contributed by atoms with E-state index in [1.165, 1.54) is 54.5 Å². The molecule has 3 aromatic heterocycles. The average Bonchev–Trinajstić information content (AvgIpc) is 3.51. The van der Waals surface area contributed by atoms with E-state index in [4.69, 9.17) is 4.74 Å². The first-order valence-corrected chi connectivity index (χ1v) is 14.0. The molecule has 1 amide bonds. The number of anilines is 1. The molecule has 1 aliphatic carbocycles. The molecule has 2 aromatic carbocycles. The van der Waals surface area contributed by atoms with Crippen molar-refractivity contribution in [2.75, 3.05) is 11.9 Å². The average molecular weight is 550 g/mol. The van der Waals surface area contributed by atoms with Crippen molar-refractivity contribution >= 4 is 50.0 Å². The van der Waals surface area contributed by atoms with E-state index in [2.05, 4.69) is 30.9 Å². The Labute approximate surface area is 225 Å². The summed E-state index contributed by atoms with van der Waals surface area (Å²) in [5, 5.41) is 20.3. The Morgan fingerprint density at radius 3 is 2.87 bits per heavy atom. The van der Waals surface area contributed by atoms with Crippen molar-refractivity contribution in [2.45, 2.75) is 48.2 Å². The van der Waals surface area contributed by atoms with Gasteiger partial charge in [0.25, 0.3) is 0 Å². The number of rotatable bonds is 8. The highest BCUT2D eigenvalue weighted by atomic mass is 32.2. The lowest BCUT2D eigenvalue weighted by molar-refractivity contribution is -0.115. The molecule has 2 N–H and O–H groups in total. The highest BCUT2D eigenvalue weighted by Gasteiger charge is 2.16. The van der Waals surface area contributed by atoms with Gasteiger partial charge in [-0.2, -0.15) is 4.52 Å². The van der Waals surface area contributed by atoms with Crippen molar-refractivity contribution in [3.05, 3.63) is 60.4 Å². The third-order valence-electron chi connectivity index (χ3n) is 6.20. The molecule has 38 heavy (non-hydrogen) atoms. The predicted octanol–water partition coefficient (Wildman–Crippen LogP) is 5.68. The van der Waals surface area contributed by atoms with Crippen molar-refractivity contribution < 1.29 is 13.9 Å². The normalized spacial score (nSPS) is 14.2. The van der Waals surface area contributed by atoms with Gasteiger partial charge in [-0.15, -0.1) is 15.3 Å². The second-order valence-electron chi connectivity index (χ2n) is 9.00. The number of aromatic nitrogens is 5. The van der Waals surface area contributed by atoms with E-state index < -0.39 is 0 Å². The highest BCUT2D eigenvalue weighted by molar-refractivity contribution is 7.99. The Morgan fingerprint density at radius 1 is 1.11 bits per heavy atom. The van der Waals surface area contributed by atoms with Gasteiger partial charge in [0.05, 0.1) is 16.8 Å². The summed E-state index contributed by atoms with van der Waals surface area (Å²) in [5.41, 5.74) is 1.37. The summed E-state index contributed by atoms with van der Waals surface area (Å²) < 4.78 is 21.7. The van der Waals surface area contributed by atoms with E-state index in [9.17, 15) is 9.18 Å². The van der Waals surface area contributed by atoms with Crippen LogP contribution in [0.15, 0.2) is 64.6 Å². The molecule has 5 aromatic rings. The highest BCUT2D eigenvalue weighted by Crippen LogP contribution is 2.33. The van der Waals surface area contributed by atoms with Crippen LogP contribution in [0.3, 0.4) is 0 Å². The molecular formula is C26H24FN7O2S2. The lowest BCUT2D eigenvalue weighted by Crippen LogP contribution is -2.37. The van der Waals surface area contributed by atoms with Crippen molar-refractivity contribution in [1.29, 1.82) is 0 Å². The van der Waals surface area contributed by atoms with Gasteiger partial charge in [-0.25, -0.2) is 9.37 Å². The van der Waals surface area contributed by atoms with Crippen LogP contribution < -0.4 is 15.4 Å². The van der Waals surface area contributed by atoms with E-state index in [1.54, 1.807) is 28.8 Å². The minimum absolute atomic E-state index is 0.0819. The molecule has 0 bridgehead atoms. The molecule has 12 heteroatoms. The van der Waals surface area contributed by atoms with E-state index in [0.29, 0.717) is 40.2 Å². The maximum atomic E-state index is 13.5. The number of nitrogens with zero attached hydrogens (tertiary/aromatic N) is 5. The standard InChI is InChI=1S/C26H24FN7O2S2/c27-16-5-4-8-18(13-16)36-24-12-11-22-31-32-26(34(22)33-24)37-19-9-10-20-21(14-19)38-25(29-20)30-23(35)15-28-17-6-2-1-3-7-17/h4-5,8-14,17,28H,1-3,6-7,15H2,(H,29,30,35). The topological polar surface area (TPSA) is 106 Å². The van der Waals surface area contributed by atoms with E-state index in [1.807, 2.05) is 18.2 Å². The van der Waals surface area contributed by atoms with Crippen LogP contribution in [0.5, 0.6) is 11.6 Å². The molecule has 0 spiro atoms.